The quantitative estimate of drug-likeness (QED) is 0.755. The van der Waals surface area contributed by atoms with Crippen molar-refractivity contribution >= 4 is 34.8 Å². The maximum atomic E-state index is 12.3. The molecule has 0 saturated heterocycles. The summed E-state index contributed by atoms with van der Waals surface area (Å²) in [5.74, 6) is -0.257. The highest BCUT2D eigenvalue weighted by molar-refractivity contribution is 6.31. The lowest BCUT2D eigenvalue weighted by Crippen LogP contribution is -2.32. The van der Waals surface area contributed by atoms with E-state index in [-0.39, 0.29) is 23.7 Å². The molecule has 2 amide bonds. The van der Waals surface area contributed by atoms with Crippen molar-refractivity contribution in [1.29, 1.82) is 0 Å². The second-order valence-corrected chi connectivity index (χ2v) is 8.16. The van der Waals surface area contributed by atoms with Crippen molar-refractivity contribution in [1.82, 2.24) is 0 Å². The van der Waals surface area contributed by atoms with Gasteiger partial charge in [0.15, 0.2) is 0 Å². The first-order chi connectivity index (χ1) is 12.6. The summed E-state index contributed by atoms with van der Waals surface area (Å²) in [4.78, 5) is 26.0. The molecule has 27 heavy (non-hydrogen) atoms. The lowest BCUT2D eigenvalue weighted by molar-refractivity contribution is -0.117. The number of hydrogen-bond donors (Lipinski definition) is 1. The van der Waals surface area contributed by atoms with Crippen LogP contribution in [-0.4, -0.2) is 18.4 Å². The Kier molecular flexibility index (Phi) is 6.66. The molecule has 0 radical (unpaired) electrons. The van der Waals surface area contributed by atoms with Gasteiger partial charge in [0.1, 0.15) is 0 Å². The summed E-state index contributed by atoms with van der Waals surface area (Å²) in [6, 6.07) is 13.3. The summed E-state index contributed by atoms with van der Waals surface area (Å²) < 4.78 is 0. The van der Waals surface area contributed by atoms with Gasteiger partial charge in [-0.25, -0.2) is 0 Å². The third kappa shape index (κ3) is 5.83. The smallest absolute Gasteiger partial charge is 0.226 e. The van der Waals surface area contributed by atoms with Crippen LogP contribution in [0.5, 0.6) is 0 Å². The molecule has 0 aliphatic heterocycles. The van der Waals surface area contributed by atoms with Gasteiger partial charge in [-0.15, -0.1) is 0 Å². The topological polar surface area (TPSA) is 49.4 Å². The van der Waals surface area contributed by atoms with E-state index in [0.29, 0.717) is 11.6 Å². The first kappa shape index (κ1) is 21.0. The third-order valence-corrected chi connectivity index (χ3v) is 4.67. The zero-order valence-corrected chi connectivity index (χ0v) is 17.4. The third-order valence-electron chi connectivity index (χ3n) is 4.44. The Morgan fingerprint density at radius 1 is 1.07 bits per heavy atom. The molecule has 0 aliphatic carbocycles. The molecule has 144 valence electrons. The van der Waals surface area contributed by atoms with Gasteiger partial charge < -0.3 is 10.2 Å². The van der Waals surface area contributed by atoms with E-state index in [1.807, 2.05) is 37.3 Å². The Labute approximate surface area is 166 Å². The van der Waals surface area contributed by atoms with E-state index in [4.69, 9.17) is 11.6 Å². The standard InChI is InChI=1S/C22H27ClN2O2/c1-15-6-9-18(23)14-20(15)25(16(2)26)13-12-21(27)24-19-10-7-17(8-11-19)22(3,4)5/h6-11,14H,12-13H2,1-5H3,(H,24,27). The maximum absolute atomic E-state index is 12.3. The number of anilines is 2. The predicted molar refractivity (Wildman–Crippen MR) is 113 cm³/mol. The first-order valence-electron chi connectivity index (χ1n) is 9.02. The fourth-order valence-corrected chi connectivity index (χ4v) is 2.98. The molecule has 4 nitrogen and oxygen atoms in total. The molecule has 5 heteroatoms. The number of halogens is 1. The summed E-state index contributed by atoms with van der Waals surface area (Å²) in [5, 5.41) is 3.45. The number of benzene rings is 2. The fourth-order valence-electron chi connectivity index (χ4n) is 2.81. The van der Waals surface area contributed by atoms with Crippen LogP contribution in [0.15, 0.2) is 42.5 Å². The number of aryl methyl sites for hydroxylation is 1. The molecular weight excluding hydrogens is 360 g/mol. The molecule has 2 rings (SSSR count). The Morgan fingerprint density at radius 2 is 1.70 bits per heavy atom. The molecule has 0 bridgehead atoms. The van der Waals surface area contributed by atoms with Gasteiger partial charge in [0, 0.05) is 36.3 Å². The van der Waals surface area contributed by atoms with Crippen molar-refractivity contribution < 1.29 is 9.59 Å². The molecule has 0 heterocycles. The van der Waals surface area contributed by atoms with Crippen LogP contribution in [0.2, 0.25) is 5.02 Å². The number of nitrogens with one attached hydrogen (secondary N) is 1. The molecule has 2 aromatic carbocycles. The summed E-state index contributed by atoms with van der Waals surface area (Å²) in [5.41, 5.74) is 3.70. The highest BCUT2D eigenvalue weighted by Crippen LogP contribution is 2.25. The minimum absolute atomic E-state index is 0.0688. The van der Waals surface area contributed by atoms with Crippen LogP contribution in [0, 0.1) is 6.92 Å². The molecule has 1 N–H and O–H groups in total. The van der Waals surface area contributed by atoms with E-state index >= 15 is 0 Å². The van der Waals surface area contributed by atoms with Gasteiger partial charge in [-0.05, 0) is 47.7 Å². The van der Waals surface area contributed by atoms with Crippen LogP contribution < -0.4 is 10.2 Å². The number of hydrogen-bond acceptors (Lipinski definition) is 2. The van der Waals surface area contributed by atoms with Crippen molar-refractivity contribution in [2.24, 2.45) is 0 Å². The highest BCUT2D eigenvalue weighted by Gasteiger charge is 2.17. The van der Waals surface area contributed by atoms with Crippen molar-refractivity contribution in [3.63, 3.8) is 0 Å². The van der Waals surface area contributed by atoms with Crippen molar-refractivity contribution in [2.75, 3.05) is 16.8 Å². The Hall–Kier alpha value is -2.33. The Balaban J connectivity index is 2.02. The number of amides is 2. The van der Waals surface area contributed by atoms with E-state index in [2.05, 4.69) is 26.1 Å². The summed E-state index contributed by atoms with van der Waals surface area (Å²) >= 11 is 6.06. The summed E-state index contributed by atoms with van der Waals surface area (Å²) in [7, 11) is 0. The van der Waals surface area contributed by atoms with Gasteiger partial charge in [-0.3, -0.25) is 9.59 Å². The fraction of sp³-hybridized carbons (Fsp3) is 0.364. The summed E-state index contributed by atoms with van der Waals surface area (Å²) in [6.45, 7) is 10.1. The van der Waals surface area contributed by atoms with E-state index in [1.54, 1.807) is 17.0 Å². The van der Waals surface area contributed by atoms with Crippen LogP contribution >= 0.6 is 11.6 Å². The average Bonchev–Trinajstić information content (AvgIpc) is 2.57. The van der Waals surface area contributed by atoms with Crippen molar-refractivity contribution in [3.05, 3.63) is 58.6 Å². The predicted octanol–water partition coefficient (Wildman–Crippen LogP) is 5.33. The minimum atomic E-state index is -0.135. The highest BCUT2D eigenvalue weighted by atomic mass is 35.5. The second kappa shape index (κ2) is 8.57. The minimum Gasteiger partial charge on any atom is -0.326 e. The van der Waals surface area contributed by atoms with Gasteiger partial charge in [0.25, 0.3) is 0 Å². The van der Waals surface area contributed by atoms with Gasteiger partial charge in [-0.2, -0.15) is 0 Å². The largest absolute Gasteiger partial charge is 0.326 e. The van der Waals surface area contributed by atoms with E-state index in [9.17, 15) is 9.59 Å². The van der Waals surface area contributed by atoms with Crippen LogP contribution in [0.1, 0.15) is 45.2 Å². The normalized spacial score (nSPS) is 11.2. The van der Waals surface area contributed by atoms with Gasteiger partial charge in [0.05, 0.1) is 0 Å². The molecule has 0 fully saturated rings. The van der Waals surface area contributed by atoms with Gasteiger partial charge in [0.2, 0.25) is 11.8 Å². The molecule has 0 unspecified atom stereocenters. The zero-order chi connectivity index (χ0) is 20.2. The van der Waals surface area contributed by atoms with Crippen molar-refractivity contribution in [2.45, 2.75) is 46.5 Å². The lowest BCUT2D eigenvalue weighted by atomic mass is 9.87. The van der Waals surface area contributed by atoms with Gasteiger partial charge in [-0.1, -0.05) is 50.6 Å². The van der Waals surface area contributed by atoms with Crippen LogP contribution in [0.4, 0.5) is 11.4 Å². The number of rotatable bonds is 5. The summed E-state index contributed by atoms with van der Waals surface area (Å²) in [6.07, 6.45) is 0.201. The lowest BCUT2D eigenvalue weighted by Gasteiger charge is -2.23. The van der Waals surface area contributed by atoms with Crippen LogP contribution in [0.25, 0.3) is 0 Å². The molecule has 0 spiro atoms. The monoisotopic (exact) mass is 386 g/mol. The molecule has 0 aliphatic rings. The number of carbonyl (C=O) groups excluding carboxylic acids is 2. The first-order valence-corrected chi connectivity index (χ1v) is 9.40. The van der Waals surface area contributed by atoms with E-state index in [1.165, 1.54) is 12.5 Å². The molecule has 0 atom stereocenters. The average molecular weight is 387 g/mol. The van der Waals surface area contributed by atoms with E-state index < -0.39 is 0 Å². The number of nitrogens with zero attached hydrogens (tertiary/aromatic N) is 1. The molecule has 0 aromatic heterocycles. The Bertz CT molecular complexity index is 823. The Morgan fingerprint density at radius 3 is 2.26 bits per heavy atom. The zero-order valence-electron chi connectivity index (χ0n) is 16.6. The SMILES string of the molecule is CC(=O)N(CCC(=O)Nc1ccc(C(C)(C)C)cc1)c1cc(Cl)ccc1C. The molecule has 0 saturated carbocycles. The number of carbonyl (C=O) groups is 2. The molecule has 2 aromatic rings. The van der Waals surface area contributed by atoms with Crippen molar-refractivity contribution in [3.8, 4) is 0 Å². The van der Waals surface area contributed by atoms with Crippen LogP contribution in [0.3, 0.4) is 0 Å². The molecular formula is C22H27ClN2O2. The van der Waals surface area contributed by atoms with Gasteiger partial charge >= 0.3 is 0 Å². The van der Waals surface area contributed by atoms with E-state index in [0.717, 1.165) is 16.9 Å². The second-order valence-electron chi connectivity index (χ2n) is 7.73. The van der Waals surface area contributed by atoms with Crippen LogP contribution in [-0.2, 0) is 15.0 Å². The maximum Gasteiger partial charge on any atom is 0.226 e.